The smallest absolute Gasteiger partial charge is 0.288 e. The molecule has 0 bridgehead atoms. The van der Waals surface area contributed by atoms with Gasteiger partial charge in [-0.3, -0.25) is 0 Å². The number of hydrogen-bond acceptors (Lipinski definition) is 1. The van der Waals surface area contributed by atoms with Crippen molar-refractivity contribution >= 4 is 104 Å². The van der Waals surface area contributed by atoms with E-state index in [9.17, 15) is 0 Å². The van der Waals surface area contributed by atoms with E-state index in [0.29, 0.717) is 0 Å². The summed E-state index contributed by atoms with van der Waals surface area (Å²) in [5.74, 6) is 0.867. The van der Waals surface area contributed by atoms with Gasteiger partial charge in [-0.05, 0) is 93.9 Å². The lowest BCUT2D eigenvalue weighted by Crippen LogP contribution is -2.35. The summed E-state index contributed by atoms with van der Waals surface area (Å²) in [5, 5.41) is 15.4. The van der Waals surface area contributed by atoms with Crippen LogP contribution in [0, 0.1) is 0 Å². The third-order valence-electron chi connectivity index (χ3n) is 9.43. The molecule has 0 aliphatic carbocycles. The Kier molecular flexibility index (Phi) is 9.11. The molecule has 0 atom stereocenters. The lowest BCUT2D eigenvalue weighted by molar-refractivity contribution is 0.620. The van der Waals surface area contributed by atoms with E-state index in [-0.39, 0.29) is 24.0 Å². The Labute approximate surface area is 312 Å². The van der Waals surface area contributed by atoms with Crippen LogP contribution in [0.3, 0.4) is 0 Å². The van der Waals surface area contributed by atoms with Crippen LogP contribution in [0.2, 0.25) is 0 Å². The minimum atomic E-state index is -2.71. The molecule has 0 aromatic heterocycles. The fourth-order valence-corrected chi connectivity index (χ4v) is 13.4. The first-order chi connectivity index (χ1) is 24.3. The van der Waals surface area contributed by atoms with E-state index in [0.717, 1.165) is 5.75 Å². The number of para-hydroxylation sites is 1. The van der Waals surface area contributed by atoms with E-state index in [2.05, 4.69) is 200 Å². The molecule has 9 aromatic carbocycles. The Hall–Kier alpha value is -4.59. The molecule has 0 N–H and O–H groups in total. The number of benzene rings is 9. The van der Waals surface area contributed by atoms with Crippen molar-refractivity contribution in [1.82, 2.24) is 0 Å². The molecule has 0 unspecified atom stereocenters. The highest BCUT2D eigenvalue weighted by atomic mass is 127. The van der Waals surface area contributed by atoms with Gasteiger partial charge in [-0.2, -0.15) is 0 Å². The van der Waals surface area contributed by atoms with E-state index in [4.69, 9.17) is 4.52 Å². The Morgan fingerprint density at radius 1 is 0.400 bits per heavy atom. The van der Waals surface area contributed by atoms with Gasteiger partial charge in [0.1, 0.15) is 10.6 Å². The van der Waals surface area contributed by atoms with Crippen LogP contribution in [-0.4, -0.2) is 0 Å². The fraction of sp³-hybridized carbons (Fsp3) is 0. The number of hydrogen-bond donors (Lipinski definition) is 0. The van der Waals surface area contributed by atoms with Gasteiger partial charge in [0, 0.05) is 10.8 Å². The minimum Gasteiger partial charge on any atom is -0.334 e. The lowest BCUT2D eigenvalue weighted by Gasteiger charge is -2.29. The summed E-state index contributed by atoms with van der Waals surface area (Å²) in [6.07, 6.45) is 0. The average molecular weight is 792 g/mol. The summed E-state index contributed by atoms with van der Waals surface area (Å²) in [6.45, 7) is 0. The van der Waals surface area contributed by atoms with E-state index >= 15 is 0 Å². The normalized spacial score (nSPS) is 11.6. The standard InChI is InChI=1S/C46H33OP2.HI/c1-6-19-36(20-7-1)47-49(39-25-12-4-13-26-39,40-27-14-5-15-28-40)44-33-35-18-16-17-34-29-30-41-43(32-31-42(44)46(41)45(34)35)48(37-21-8-2-9-22-37)38-23-10-3-11-24-38;/h1-33H;1H/q+1;. The van der Waals surface area contributed by atoms with Gasteiger partial charge in [-0.25, -0.2) is 0 Å². The molecule has 4 heteroatoms. The predicted octanol–water partition coefficient (Wildman–Crippen LogP) is 10.2. The molecule has 9 rings (SSSR count). The van der Waals surface area contributed by atoms with Crippen molar-refractivity contribution < 1.29 is 4.52 Å². The lowest BCUT2D eigenvalue weighted by atomic mass is 9.94. The third kappa shape index (κ3) is 5.57. The molecule has 0 aliphatic rings. The summed E-state index contributed by atoms with van der Waals surface area (Å²) < 4.78 is 7.52. The van der Waals surface area contributed by atoms with Crippen molar-refractivity contribution in [3.63, 3.8) is 0 Å². The topological polar surface area (TPSA) is 9.23 Å². The summed E-state index contributed by atoms with van der Waals surface area (Å²) in [5.41, 5.74) is 0. The third-order valence-corrected chi connectivity index (χ3v) is 15.5. The average Bonchev–Trinajstić information content (AvgIpc) is 3.18. The van der Waals surface area contributed by atoms with Crippen LogP contribution in [-0.2, 0) is 0 Å². The fourth-order valence-electron chi connectivity index (χ4n) is 7.33. The largest absolute Gasteiger partial charge is 0.334 e. The molecule has 240 valence electrons. The van der Waals surface area contributed by atoms with Crippen LogP contribution >= 0.6 is 39.4 Å². The van der Waals surface area contributed by atoms with Gasteiger partial charge in [-0.15, -0.1) is 24.0 Å². The highest BCUT2D eigenvalue weighted by Gasteiger charge is 2.51. The molecule has 50 heavy (non-hydrogen) atoms. The number of rotatable bonds is 8. The highest BCUT2D eigenvalue weighted by Crippen LogP contribution is 2.58. The zero-order chi connectivity index (χ0) is 32.6. The van der Waals surface area contributed by atoms with Gasteiger partial charge < -0.3 is 4.52 Å². The Morgan fingerprint density at radius 2 is 0.900 bits per heavy atom. The zero-order valence-electron chi connectivity index (χ0n) is 27.3. The van der Waals surface area contributed by atoms with Crippen molar-refractivity contribution in [2.24, 2.45) is 0 Å². The van der Waals surface area contributed by atoms with Crippen LogP contribution in [0.25, 0.3) is 32.3 Å². The molecule has 0 aliphatic heterocycles. The van der Waals surface area contributed by atoms with Gasteiger partial charge in [0.05, 0.1) is 0 Å². The molecule has 0 heterocycles. The van der Waals surface area contributed by atoms with Gasteiger partial charge in [-0.1, -0.05) is 152 Å². The van der Waals surface area contributed by atoms with Crippen molar-refractivity contribution in [2.45, 2.75) is 0 Å². The van der Waals surface area contributed by atoms with Crippen LogP contribution in [0.15, 0.2) is 200 Å². The maximum absolute atomic E-state index is 7.52. The van der Waals surface area contributed by atoms with Gasteiger partial charge >= 0.3 is 0 Å². The summed E-state index contributed by atoms with van der Waals surface area (Å²) >= 11 is 0. The molecule has 0 saturated carbocycles. The number of halogens is 1. The monoisotopic (exact) mass is 791 g/mol. The maximum Gasteiger partial charge on any atom is 0.288 e. The van der Waals surface area contributed by atoms with Crippen LogP contribution in [0.4, 0.5) is 0 Å². The van der Waals surface area contributed by atoms with Gasteiger partial charge in [0.15, 0.2) is 11.1 Å². The molecular weight excluding hydrogens is 757 g/mol. The molecule has 0 amide bonds. The molecule has 1 nitrogen and oxygen atoms in total. The predicted molar refractivity (Wildman–Crippen MR) is 230 cm³/mol. The Bertz CT molecular complexity index is 2430. The Balaban J connectivity index is 0.00000361. The first-order valence-electron chi connectivity index (χ1n) is 16.7. The SMILES string of the molecule is I.c1ccc(O[P+](c2ccccc2)(c2ccccc2)c2cc3cccc4ccc5c(P(c6ccccc6)c6ccccc6)ccc2c5c43)cc1. The summed E-state index contributed by atoms with van der Waals surface area (Å²) in [4.78, 5) is 0. The second-order valence-electron chi connectivity index (χ2n) is 12.3. The highest BCUT2D eigenvalue weighted by molar-refractivity contribution is 14.0. The van der Waals surface area contributed by atoms with Gasteiger partial charge in [0.25, 0.3) is 7.49 Å². The van der Waals surface area contributed by atoms with Crippen molar-refractivity contribution in [3.8, 4) is 5.75 Å². The van der Waals surface area contributed by atoms with E-state index in [1.54, 1.807) is 0 Å². The second-order valence-corrected chi connectivity index (χ2v) is 17.4. The van der Waals surface area contributed by atoms with Crippen LogP contribution in [0.5, 0.6) is 5.75 Å². The molecule has 0 saturated heterocycles. The van der Waals surface area contributed by atoms with Crippen molar-refractivity contribution in [1.29, 1.82) is 0 Å². The first-order valence-corrected chi connectivity index (χ1v) is 19.7. The molecule has 0 spiro atoms. The van der Waals surface area contributed by atoms with Crippen molar-refractivity contribution in [2.75, 3.05) is 0 Å². The van der Waals surface area contributed by atoms with Crippen LogP contribution < -0.4 is 36.4 Å². The van der Waals surface area contributed by atoms with E-state index in [1.165, 1.54) is 64.1 Å². The zero-order valence-corrected chi connectivity index (χ0v) is 31.4. The first kappa shape index (κ1) is 32.6. The summed E-state index contributed by atoms with van der Waals surface area (Å²) in [7, 11) is -3.52. The van der Waals surface area contributed by atoms with E-state index in [1.807, 2.05) is 0 Å². The molecular formula is C46H34IOP2+. The van der Waals surface area contributed by atoms with Crippen molar-refractivity contribution in [3.05, 3.63) is 200 Å². The van der Waals surface area contributed by atoms with E-state index < -0.39 is 15.4 Å². The maximum atomic E-state index is 7.52. The Morgan fingerprint density at radius 3 is 1.48 bits per heavy atom. The molecule has 9 aromatic rings. The molecule has 0 fully saturated rings. The quantitative estimate of drug-likeness (QED) is 0.0846. The minimum absolute atomic E-state index is 0. The van der Waals surface area contributed by atoms with Crippen LogP contribution in [0.1, 0.15) is 0 Å². The second kappa shape index (κ2) is 14.0. The summed E-state index contributed by atoms with van der Waals surface area (Å²) in [6, 6.07) is 72.8. The van der Waals surface area contributed by atoms with Gasteiger partial charge in [0.2, 0.25) is 0 Å². The molecule has 0 radical (unpaired) electrons.